The summed E-state index contributed by atoms with van der Waals surface area (Å²) in [5, 5.41) is 0. The molecule has 8 heteroatoms. The van der Waals surface area contributed by atoms with Crippen LogP contribution in [-0.4, -0.2) is 33.1 Å². The van der Waals surface area contributed by atoms with Crippen LogP contribution in [-0.2, 0) is 21.5 Å². The number of ether oxygens (including phenoxy) is 3. The molecule has 1 aliphatic heterocycles. The minimum absolute atomic E-state index is 0.267. The maximum atomic E-state index is 12.6. The number of halogens is 3. The monoisotopic (exact) mass is 497 g/mol. The first kappa shape index (κ1) is 25.2. The van der Waals surface area contributed by atoms with E-state index < -0.39 is 17.9 Å². The number of benzene rings is 3. The third-order valence-corrected chi connectivity index (χ3v) is 6.45. The molecular weight excluding hydrogens is 471 g/mol. The second-order valence-electron chi connectivity index (χ2n) is 8.52. The van der Waals surface area contributed by atoms with Crippen LogP contribution >= 0.6 is 0 Å². The molecule has 0 bridgehead atoms. The van der Waals surface area contributed by atoms with Crippen molar-refractivity contribution in [2.24, 2.45) is 0 Å². The highest BCUT2D eigenvalue weighted by Gasteiger charge is 2.40. The van der Waals surface area contributed by atoms with Crippen molar-refractivity contribution in [3.05, 3.63) is 95.1 Å². The Kier molecular flexibility index (Phi) is 6.97. The summed E-state index contributed by atoms with van der Waals surface area (Å²) in [7, 11) is 2.95. The molecule has 1 atom stereocenters. The number of fused-ring (bicyclic) bond motifs is 1. The molecule has 3 aromatic rings. The summed E-state index contributed by atoms with van der Waals surface area (Å²) < 4.78 is 52.1. The van der Waals surface area contributed by atoms with Gasteiger partial charge in [-0.15, -0.1) is 13.2 Å². The maximum absolute atomic E-state index is 12.6. The average molecular weight is 498 g/mol. The molecule has 0 spiro atoms. The lowest BCUT2D eigenvalue weighted by molar-refractivity contribution is -0.274. The van der Waals surface area contributed by atoms with E-state index in [1.165, 1.54) is 25.3 Å². The zero-order valence-electron chi connectivity index (χ0n) is 20.1. The number of methoxy groups -OCH3 is 2. The molecular formula is C28H26F3NO4. The number of rotatable bonds is 6. The van der Waals surface area contributed by atoms with Crippen molar-refractivity contribution in [3.63, 3.8) is 0 Å². The standard InChI is InChI=1S/C28H26F3NO4/c1-27(21-7-4-19(5-8-21)6-15-26(33)35-3)25-14-13-24(34-2)18-20(25)16-17-32(27)22-9-11-23(12-10-22)36-28(29,30)31/h4-15,18H,16-17H2,1-3H3/b15-6+. The zero-order valence-corrected chi connectivity index (χ0v) is 20.1. The van der Waals surface area contributed by atoms with Gasteiger partial charge in [0.15, 0.2) is 0 Å². The van der Waals surface area contributed by atoms with E-state index in [-0.39, 0.29) is 5.75 Å². The van der Waals surface area contributed by atoms with Crippen LogP contribution in [0.25, 0.3) is 6.08 Å². The molecule has 3 aromatic carbocycles. The van der Waals surface area contributed by atoms with Crippen LogP contribution < -0.4 is 14.4 Å². The molecule has 4 rings (SSSR count). The minimum Gasteiger partial charge on any atom is -0.497 e. The highest BCUT2D eigenvalue weighted by atomic mass is 19.4. The first-order chi connectivity index (χ1) is 17.1. The molecule has 188 valence electrons. The van der Waals surface area contributed by atoms with Gasteiger partial charge in [-0.3, -0.25) is 0 Å². The predicted octanol–water partition coefficient (Wildman–Crippen LogP) is 6.11. The van der Waals surface area contributed by atoms with Gasteiger partial charge in [0.1, 0.15) is 11.5 Å². The third-order valence-electron chi connectivity index (χ3n) is 6.45. The quantitative estimate of drug-likeness (QED) is 0.304. The van der Waals surface area contributed by atoms with Gasteiger partial charge in [-0.25, -0.2) is 4.79 Å². The van der Waals surface area contributed by atoms with Gasteiger partial charge in [0, 0.05) is 18.3 Å². The average Bonchev–Trinajstić information content (AvgIpc) is 2.87. The van der Waals surface area contributed by atoms with Crippen molar-refractivity contribution in [2.45, 2.75) is 25.2 Å². The fourth-order valence-electron chi connectivity index (χ4n) is 4.66. The molecule has 1 unspecified atom stereocenters. The van der Waals surface area contributed by atoms with Crippen LogP contribution in [0.2, 0.25) is 0 Å². The zero-order chi connectivity index (χ0) is 25.9. The van der Waals surface area contributed by atoms with Crippen molar-refractivity contribution < 1.29 is 32.2 Å². The Hall–Kier alpha value is -3.94. The Labute approximate surface area is 207 Å². The number of hydrogen-bond donors (Lipinski definition) is 0. The number of alkyl halides is 3. The Morgan fingerprint density at radius 3 is 2.25 bits per heavy atom. The predicted molar refractivity (Wildman–Crippen MR) is 131 cm³/mol. The summed E-state index contributed by atoms with van der Waals surface area (Å²) in [6.07, 6.45) is -0.976. The van der Waals surface area contributed by atoms with E-state index in [4.69, 9.17) is 4.74 Å². The van der Waals surface area contributed by atoms with Gasteiger partial charge in [0.25, 0.3) is 0 Å². The summed E-state index contributed by atoms with van der Waals surface area (Å²) >= 11 is 0. The van der Waals surface area contributed by atoms with Crippen molar-refractivity contribution in [1.82, 2.24) is 0 Å². The molecule has 0 aromatic heterocycles. The molecule has 5 nitrogen and oxygen atoms in total. The lowest BCUT2D eigenvalue weighted by Crippen LogP contribution is -2.49. The Morgan fingerprint density at radius 1 is 0.972 bits per heavy atom. The maximum Gasteiger partial charge on any atom is 0.573 e. The number of carbonyl (C=O) groups is 1. The van der Waals surface area contributed by atoms with Crippen molar-refractivity contribution in [1.29, 1.82) is 0 Å². The van der Waals surface area contributed by atoms with E-state index in [1.54, 1.807) is 25.3 Å². The molecule has 0 N–H and O–H groups in total. The summed E-state index contributed by atoms with van der Waals surface area (Å²) in [5.74, 6) is 0.0589. The number of carbonyl (C=O) groups excluding carboxylic acids is 1. The van der Waals surface area contributed by atoms with Crippen LogP contribution in [0.4, 0.5) is 18.9 Å². The molecule has 0 saturated heterocycles. The molecule has 36 heavy (non-hydrogen) atoms. The first-order valence-electron chi connectivity index (χ1n) is 11.3. The van der Waals surface area contributed by atoms with Crippen molar-refractivity contribution in [2.75, 3.05) is 25.7 Å². The van der Waals surface area contributed by atoms with E-state index in [9.17, 15) is 18.0 Å². The molecule has 0 saturated carbocycles. The van der Waals surface area contributed by atoms with Gasteiger partial charge in [0.2, 0.25) is 0 Å². The number of anilines is 1. The largest absolute Gasteiger partial charge is 0.573 e. The Morgan fingerprint density at radius 2 is 1.64 bits per heavy atom. The molecule has 0 amide bonds. The molecule has 1 heterocycles. The molecule has 0 aliphatic carbocycles. The molecule has 0 fully saturated rings. The van der Waals surface area contributed by atoms with Gasteiger partial charge in [0.05, 0.1) is 19.8 Å². The number of esters is 1. The smallest absolute Gasteiger partial charge is 0.497 e. The fraction of sp³-hybridized carbons (Fsp3) is 0.250. The van der Waals surface area contributed by atoms with Crippen LogP contribution in [0, 0.1) is 0 Å². The second-order valence-corrected chi connectivity index (χ2v) is 8.52. The fourth-order valence-corrected chi connectivity index (χ4v) is 4.66. The number of hydrogen-bond acceptors (Lipinski definition) is 5. The molecule has 0 radical (unpaired) electrons. The lowest BCUT2D eigenvalue weighted by Gasteiger charge is -2.48. The SMILES string of the molecule is COC(=O)/C=C/c1ccc(C2(C)c3ccc(OC)cc3CCN2c2ccc(OC(F)(F)F)cc2)cc1. The normalized spacial score (nSPS) is 17.6. The van der Waals surface area contributed by atoms with Gasteiger partial charge in [-0.2, -0.15) is 0 Å². The van der Waals surface area contributed by atoms with Crippen LogP contribution in [0.1, 0.15) is 29.2 Å². The molecule has 1 aliphatic rings. The first-order valence-corrected chi connectivity index (χ1v) is 11.3. The van der Waals surface area contributed by atoms with Crippen molar-refractivity contribution >= 4 is 17.7 Å². The van der Waals surface area contributed by atoms with Gasteiger partial charge >= 0.3 is 12.3 Å². The van der Waals surface area contributed by atoms with E-state index in [1.807, 2.05) is 42.5 Å². The Balaban J connectivity index is 1.76. The van der Waals surface area contributed by atoms with Crippen LogP contribution in [0.5, 0.6) is 11.5 Å². The van der Waals surface area contributed by atoms with E-state index in [2.05, 4.69) is 21.3 Å². The topological polar surface area (TPSA) is 48.0 Å². The minimum atomic E-state index is -4.75. The third kappa shape index (κ3) is 5.17. The van der Waals surface area contributed by atoms with Gasteiger partial charge in [-0.1, -0.05) is 30.3 Å². The van der Waals surface area contributed by atoms with E-state index in [0.29, 0.717) is 6.54 Å². The van der Waals surface area contributed by atoms with E-state index in [0.717, 1.165) is 40.1 Å². The summed E-state index contributed by atoms with van der Waals surface area (Å²) in [6.45, 7) is 2.73. The van der Waals surface area contributed by atoms with Gasteiger partial charge in [-0.05, 0) is 78.1 Å². The van der Waals surface area contributed by atoms with Crippen LogP contribution in [0.15, 0.2) is 72.8 Å². The Bertz CT molecular complexity index is 1250. The summed E-state index contributed by atoms with van der Waals surface area (Å²) in [4.78, 5) is 13.6. The summed E-state index contributed by atoms with van der Waals surface area (Å²) in [5.41, 5.74) is 4.17. The van der Waals surface area contributed by atoms with E-state index >= 15 is 0 Å². The second kappa shape index (κ2) is 9.97. The lowest BCUT2D eigenvalue weighted by atomic mass is 9.76. The van der Waals surface area contributed by atoms with Crippen LogP contribution in [0.3, 0.4) is 0 Å². The summed E-state index contributed by atoms with van der Waals surface area (Å²) in [6, 6.07) is 19.7. The highest BCUT2D eigenvalue weighted by Crippen LogP contribution is 2.44. The van der Waals surface area contributed by atoms with Crippen molar-refractivity contribution in [3.8, 4) is 11.5 Å². The number of nitrogens with zero attached hydrogens (tertiary/aromatic N) is 1. The highest BCUT2D eigenvalue weighted by molar-refractivity contribution is 5.86. The van der Waals surface area contributed by atoms with Gasteiger partial charge < -0.3 is 19.1 Å².